The van der Waals surface area contributed by atoms with Gasteiger partial charge in [0.15, 0.2) is 0 Å². The van der Waals surface area contributed by atoms with E-state index >= 15 is 0 Å². The van der Waals surface area contributed by atoms with Crippen LogP contribution >= 0.6 is 23.5 Å². The molecule has 0 fully saturated rings. The fourth-order valence-electron chi connectivity index (χ4n) is 6.83. The summed E-state index contributed by atoms with van der Waals surface area (Å²) in [6.45, 7) is 1.69. The highest BCUT2D eigenvalue weighted by Gasteiger charge is 2.97. The van der Waals surface area contributed by atoms with Gasteiger partial charge in [-0.25, -0.2) is 0 Å². The molecule has 0 N–H and O–H groups in total. The third kappa shape index (κ3) is 9.38. The molecule has 0 spiro atoms. The first-order chi connectivity index (χ1) is 33.4. The molecule has 0 saturated carbocycles. The number of rotatable bonds is 24. The molecule has 442 valence electrons. The maximum atomic E-state index is 14.8. The first-order valence-electron chi connectivity index (χ1n) is 19.8. The lowest BCUT2D eigenvalue weighted by molar-refractivity contribution is -0.461. The van der Waals surface area contributed by atoms with Gasteiger partial charge in [0.25, 0.3) is 0 Å². The molecule has 2 atom stereocenters. The van der Waals surface area contributed by atoms with Crippen LogP contribution in [-0.2, 0) is 9.59 Å². The Labute approximate surface area is 408 Å². The van der Waals surface area contributed by atoms with Gasteiger partial charge in [0.1, 0.15) is 10.5 Å². The van der Waals surface area contributed by atoms with Crippen molar-refractivity contribution in [1.82, 2.24) is 0 Å². The maximum absolute atomic E-state index is 14.8. The Morgan fingerprint density at radius 1 is 0.355 bits per heavy atom. The van der Waals surface area contributed by atoms with Gasteiger partial charge in [0.2, 0.25) is 11.8 Å². The molecule has 2 heterocycles. The number of thioether (sulfide) groups is 2. The largest absolute Gasteiger partial charge is 0.460 e. The van der Waals surface area contributed by atoms with E-state index < -0.39 is 201 Å². The van der Waals surface area contributed by atoms with E-state index in [9.17, 15) is 159 Å². The van der Waals surface area contributed by atoms with Crippen molar-refractivity contribution in [3.8, 4) is 0 Å². The van der Waals surface area contributed by atoms with Crippen molar-refractivity contribution in [2.75, 3.05) is 34.4 Å². The summed E-state index contributed by atoms with van der Waals surface area (Å²) in [6.07, 6.45) is -22.3. The Bertz CT molecular complexity index is 2160. The first-order valence-corrected chi connectivity index (χ1v) is 21.9. The van der Waals surface area contributed by atoms with Gasteiger partial charge in [-0.2, -0.15) is 149 Å². The molecule has 0 saturated heterocycles. The molecule has 2 amide bonds. The third-order valence-electron chi connectivity index (χ3n) is 11.2. The molecule has 0 aliphatic carbocycles. The monoisotopic (exact) mass is 1230 g/mol. The number of carbonyl (C=O) groups excluding carboxylic acids is 2. The summed E-state index contributed by atoms with van der Waals surface area (Å²) in [7, 11) is 0. The zero-order chi connectivity index (χ0) is 60.3. The number of alkyl halides is 34. The summed E-state index contributed by atoms with van der Waals surface area (Å²) in [4.78, 5) is 28.4. The predicted molar refractivity (Wildman–Crippen MR) is 193 cm³/mol. The van der Waals surface area contributed by atoms with E-state index in [2.05, 4.69) is 0 Å². The minimum absolute atomic E-state index is 0.105. The van der Waals surface area contributed by atoms with Gasteiger partial charge in [0.05, 0.1) is 11.4 Å². The second-order valence-corrected chi connectivity index (χ2v) is 18.7. The van der Waals surface area contributed by atoms with Crippen molar-refractivity contribution >= 4 is 46.7 Å². The minimum Gasteiger partial charge on any atom is -0.311 e. The van der Waals surface area contributed by atoms with E-state index in [4.69, 9.17) is 0 Å². The Morgan fingerprint density at radius 3 is 0.803 bits per heavy atom. The molecule has 0 aromatic heterocycles. The van der Waals surface area contributed by atoms with E-state index in [1.165, 1.54) is 13.8 Å². The number of fused-ring (bicyclic) bond motifs is 2. The summed E-state index contributed by atoms with van der Waals surface area (Å²) < 4.78 is 469. The maximum Gasteiger partial charge on any atom is 0.460 e. The summed E-state index contributed by atoms with van der Waals surface area (Å²) in [5.41, 5.74) is -2.17. The molecular formula is C36H26F34N2O2S2. The highest BCUT2D eigenvalue weighted by atomic mass is 32.2. The van der Waals surface area contributed by atoms with Crippen LogP contribution in [-0.4, -0.2) is 132 Å². The number of anilines is 2. The van der Waals surface area contributed by atoms with Gasteiger partial charge in [-0.15, -0.1) is 23.5 Å². The van der Waals surface area contributed by atoms with Crippen LogP contribution in [0.25, 0.3) is 0 Å². The Balaban J connectivity index is 2.02. The highest BCUT2D eigenvalue weighted by molar-refractivity contribution is 8.00. The summed E-state index contributed by atoms with van der Waals surface area (Å²) in [5.74, 6) is -124. The SMILES string of the molecule is CCCN1C(=O)C(SCCC(F)(F)C(F)(F)C(F)(F)C(F)(F)C(F)(F)C(F)(F)C(F)(F)C(F)(F)F)c2cc3c(cc21)N(CCC)C(=O)C3SCCC(F)(F)C(F)(F)C(F)(F)C(F)(F)C(F)(F)C(F)(F)C(F)(F)C(F)(F)F. The summed E-state index contributed by atoms with van der Waals surface area (Å²) >= 11 is -0.827. The summed E-state index contributed by atoms with van der Waals surface area (Å²) in [5, 5.41) is -4.42. The zero-order valence-electron chi connectivity index (χ0n) is 36.3. The van der Waals surface area contributed by atoms with Gasteiger partial charge in [-0.05, 0) is 36.1 Å². The van der Waals surface area contributed by atoms with Crippen LogP contribution in [0.5, 0.6) is 0 Å². The molecule has 1 aromatic rings. The molecule has 3 rings (SSSR count). The second-order valence-electron chi connectivity index (χ2n) is 16.2. The number of amides is 2. The average molecular weight is 1230 g/mol. The van der Waals surface area contributed by atoms with Crippen molar-refractivity contribution < 1.29 is 159 Å². The Hall–Kier alpha value is -3.52. The topological polar surface area (TPSA) is 40.6 Å². The first kappa shape index (κ1) is 66.8. The lowest BCUT2D eigenvalue weighted by Crippen LogP contribution is -2.74. The van der Waals surface area contributed by atoms with Crippen molar-refractivity contribution in [1.29, 1.82) is 0 Å². The normalized spacial score (nSPS) is 19.1. The van der Waals surface area contributed by atoms with Crippen LogP contribution in [0.15, 0.2) is 12.1 Å². The number of benzene rings is 1. The van der Waals surface area contributed by atoms with Crippen molar-refractivity contribution in [2.24, 2.45) is 0 Å². The molecule has 2 unspecified atom stereocenters. The average Bonchev–Trinajstić information content (AvgIpc) is 3.64. The molecule has 1 aromatic carbocycles. The molecule has 0 radical (unpaired) electrons. The molecule has 40 heteroatoms. The van der Waals surface area contributed by atoms with Gasteiger partial charge >= 0.3 is 95.3 Å². The van der Waals surface area contributed by atoms with Crippen molar-refractivity contribution in [3.63, 3.8) is 0 Å². The van der Waals surface area contributed by atoms with Crippen LogP contribution in [0.3, 0.4) is 0 Å². The Kier molecular flexibility index (Phi) is 17.2. The fourth-order valence-corrected chi connectivity index (χ4v) is 9.33. The van der Waals surface area contributed by atoms with E-state index in [0.29, 0.717) is 15.9 Å². The molecule has 0 bridgehead atoms. The lowest BCUT2D eigenvalue weighted by Gasteiger charge is -2.42. The van der Waals surface area contributed by atoms with E-state index in [1.807, 2.05) is 0 Å². The van der Waals surface area contributed by atoms with Crippen LogP contribution in [0.1, 0.15) is 61.2 Å². The van der Waals surface area contributed by atoms with Crippen LogP contribution in [0, 0.1) is 0 Å². The van der Waals surface area contributed by atoms with Crippen LogP contribution in [0.2, 0.25) is 0 Å². The lowest BCUT2D eigenvalue weighted by atomic mass is 9.88. The standard InChI is InChI=1S/C36H26F34N2O2S2/c1-3-7-71-15-12-16-14(11-13(15)17(19(71)73)75-9-5-21(37,38)23(41,42)25(45,46)27(49,50)29(53,54)31(57,58)33(61,62)35(65,66)67)18(20(74)72(16)8-4-2)76-10-6-22(39,40)24(43,44)26(47,48)28(51,52)30(55,56)32(59,60)34(63,64)36(68,69)70/h11-12,17-18H,3-10H2,1-2H3. The zero-order valence-corrected chi connectivity index (χ0v) is 38.0. The van der Waals surface area contributed by atoms with E-state index in [-0.39, 0.29) is 12.8 Å². The van der Waals surface area contributed by atoms with Crippen molar-refractivity contribution in [2.45, 2.75) is 145 Å². The number of nitrogens with zero attached hydrogens (tertiary/aromatic N) is 2. The number of hydrogen-bond acceptors (Lipinski definition) is 4. The van der Waals surface area contributed by atoms with Gasteiger partial charge < -0.3 is 9.80 Å². The summed E-state index contributed by atoms with van der Waals surface area (Å²) in [6, 6.07) is 1.43. The quantitative estimate of drug-likeness (QED) is 0.0968. The molecule has 2 aliphatic rings. The smallest absolute Gasteiger partial charge is 0.311 e. The van der Waals surface area contributed by atoms with Crippen LogP contribution < -0.4 is 9.80 Å². The van der Waals surface area contributed by atoms with Crippen LogP contribution in [0.4, 0.5) is 161 Å². The van der Waals surface area contributed by atoms with Gasteiger partial charge in [-0.3, -0.25) is 9.59 Å². The second kappa shape index (κ2) is 19.6. The number of carbonyl (C=O) groups is 2. The van der Waals surface area contributed by atoms with Gasteiger partial charge in [0, 0.05) is 37.4 Å². The third-order valence-corrected chi connectivity index (χ3v) is 13.6. The van der Waals surface area contributed by atoms with Gasteiger partial charge in [-0.1, -0.05) is 13.8 Å². The Morgan fingerprint density at radius 2 is 0.579 bits per heavy atom. The number of halogens is 34. The molecular weight excluding hydrogens is 1200 g/mol. The fraction of sp³-hybridized carbons (Fsp3) is 0.778. The minimum atomic E-state index is -8.94. The number of hydrogen-bond donors (Lipinski definition) is 0. The highest BCUT2D eigenvalue weighted by Crippen LogP contribution is 2.67. The molecule has 2 aliphatic heterocycles. The molecule has 4 nitrogen and oxygen atoms in total. The predicted octanol–water partition coefficient (Wildman–Crippen LogP) is 15.5. The van der Waals surface area contributed by atoms with E-state index in [1.54, 1.807) is 0 Å². The molecule has 76 heavy (non-hydrogen) atoms. The van der Waals surface area contributed by atoms with E-state index in [0.717, 1.165) is 6.07 Å². The van der Waals surface area contributed by atoms with Crippen molar-refractivity contribution in [3.05, 3.63) is 23.3 Å².